The Hall–Kier alpha value is -2.67. The van der Waals surface area contributed by atoms with Crippen LogP contribution in [0.4, 0.5) is 0 Å². The number of hydrogen-bond acceptors (Lipinski definition) is 4. The molecule has 0 aliphatic carbocycles. The Balaban J connectivity index is 2.68. The molecule has 4 N–H and O–H groups in total. The maximum Gasteiger partial charge on any atom is 0.335 e. The third kappa shape index (κ3) is 2.63. The SMILES string of the molecule is Cc1nn(-c2cc(C(=O)O)cc(C(=O)O)c2)c(C)c1CN. The number of hydrogen-bond donors (Lipinski definition) is 3. The normalized spacial score (nSPS) is 10.6. The van der Waals surface area contributed by atoms with Crippen molar-refractivity contribution in [3.05, 3.63) is 46.3 Å². The van der Waals surface area contributed by atoms with Crippen molar-refractivity contribution in [2.75, 3.05) is 0 Å². The summed E-state index contributed by atoms with van der Waals surface area (Å²) in [7, 11) is 0. The van der Waals surface area contributed by atoms with Crippen molar-refractivity contribution in [1.29, 1.82) is 0 Å². The molecule has 1 aromatic heterocycles. The predicted molar refractivity (Wildman–Crippen MR) is 74.8 cm³/mol. The number of nitrogens with zero attached hydrogens (tertiary/aromatic N) is 2. The molecule has 1 heterocycles. The number of nitrogens with two attached hydrogens (primary N) is 1. The van der Waals surface area contributed by atoms with E-state index in [0.717, 1.165) is 23.0 Å². The van der Waals surface area contributed by atoms with Gasteiger partial charge in [-0.15, -0.1) is 0 Å². The molecule has 1 aromatic carbocycles. The van der Waals surface area contributed by atoms with Crippen LogP contribution < -0.4 is 5.73 Å². The standard InChI is InChI=1S/C14H15N3O4/c1-7-12(6-15)8(2)17(16-7)11-4-9(13(18)19)3-10(5-11)14(20)21/h3-5H,6,15H2,1-2H3,(H,18,19)(H,20,21). The summed E-state index contributed by atoms with van der Waals surface area (Å²) in [6, 6.07) is 3.88. The monoisotopic (exact) mass is 289 g/mol. The highest BCUT2D eigenvalue weighted by molar-refractivity contribution is 5.94. The lowest BCUT2D eigenvalue weighted by atomic mass is 10.1. The van der Waals surface area contributed by atoms with E-state index in [2.05, 4.69) is 5.10 Å². The van der Waals surface area contributed by atoms with Gasteiger partial charge in [-0.1, -0.05) is 0 Å². The number of carboxylic acid groups (broad SMARTS) is 2. The van der Waals surface area contributed by atoms with Crippen molar-refractivity contribution in [1.82, 2.24) is 9.78 Å². The van der Waals surface area contributed by atoms with Crippen molar-refractivity contribution in [2.24, 2.45) is 5.73 Å². The molecule has 0 bridgehead atoms. The van der Waals surface area contributed by atoms with Crippen molar-refractivity contribution < 1.29 is 19.8 Å². The van der Waals surface area contributed by atoms with Gasteiger partial charge < -0.3 is 15.9 Å². The van der Waals surface area contributed by atoms with Crippen molar-refractivity contribution in [3.63, 3.8) is 0 Å². The van der Waals surface area contributed by atoms with Gasteiger partial charge in [-0.3, -0.25) is 0 Å². The average molecular weight is 289 g/mol. The fraction of sp³-hybridized carbons (Fsp3) is 0.214. The Morgan fingerprint density at radius 3 is 2.05 bits per heavy atom. The maximum absolute atomic E-state index is 11.1. The molecule has 2 rings (SSSR count). The van der Waals surface area contributed by atoms with Crippen LogP contribution in [0.15, 0.2) is 18.2 Å². The quantitative estimate of drug-likeness (QED) is 0.781. The topological polar surface area (TPSA) is 118 Å². The highest BCUT2D eigenvalue weighted by atomic mass is 16.4. The fourth-order valence-corrected chi connectivity index (χ4v) is 2.20. The van der Waals surface area contributed by atoms with Gasteiger partial charge in [0.15, 0.2) is 0 Å². The molecule has 7 nitrogen and oxygen atoms in total. The van der Waals surface area contributed by atoms with Crippen LogP contribution in [-0.4, -0.2) is 31.9 Å². The van der Waals surface area contributed by atoms with Crippen LogP contribution in [0.5, 0.6) is 0 Å². The van der Waals surface area contributed by atoms with E-state index in [1.54, 1.807) is 13.8 Å². The summed E-state index contributed by atoms with van der Waals surface area (Å²) in [6.07, 6.45) is 0. The summed E-state index contributed by atoms with van der Waals surface area (Å²) in [6.45, 7) is 3.91. The van der Waals surface area contributed by atoms with Crippen molar-refractivity contribution >= 4 is 11.9 Å². The van der Waals surface area contributed by atoms with Crippen molar-refractivity contribution in [3.8, 4) is 5.69 Å². The van der Waals surface area contributed by atoms with Crippen LogP contribution in [0.25, 0.3) is 5.69 Å². The Bertz CT molecular complexity index is 702. The van der Waals surface area contributed by atoms with Gasteiger partial charge in [-0.2, -0.15) is 5.10 Å². The second-order valence-corrected chi connectivity index (χ2v) is 4.64. The van der Waals surface area contributed by atoms with Crippen LogP contribution in [0.2, 0.25) is 0 Å². The van der Waals surface area contributed by atoms with E-state index in [4.69, 9.17) is 15.9 Å². The molecule has 0 amide bonds. The van der Waals surface area contributed by atoms with Gasteiger partial charge in [-0.25, -0.2) is 14.3 Å². The molecule has 0 aliphatic rings. The maximum atomic E-state index is 11.1. The number of carbonyl (C=O) groups is 2. The Labute approximate surface area is 120 Å². The van der Waals surface area contributed by atoms with E-state index < -0.39 is 11.9 Å². The molecule has 0 saturated heterocycles. The van der Waals surface area contributed by atoms with Gasteiger partial charge in [0.2, 0.25) is 0 Å². The first kappa shape index (κ1) is 14.7. The number of aromatic carboxylic acids is 2. The van der Waals surface area contributed by atoms with E-state index in [9.17, 15) is 9.59 Å². The largest absolute Gasteiger partial charge is 0.478 e. The third-order valence-electron chi connectivity index (χ3n) is 3.30. The highest BCUT2D eigenvalue weighted by Crippen LogP contribution is 2.20. The van der Waals surface area contributed by atoms with Gasteiger partial charge in [-0.05, 0) is 32.0 Å². The zero-order valence-electron chi connectivity index (χ0n) is 11.6. The number of rotatable bonds is 4. The minimum Gasteiger partial charge on any atom is -0.478 e. The average Bonchev–Trinajstić information content (AvgIpc) is 2.72. The lowest BCUT2D eigenvalue weighted by Crippen LogP contribution is -2.08. The zero-order chi connectivity index (χ0) is 15.7. The summed E-state index contributed by atoms with van der Waals surface area (Å²) in [5.74, 6) is -2.39. The Morgan fingerprint density at radius 2 is 1.67 bits per heavy atom. The summed E-state index contributed by atoms with van der Waals surface area (Å²) >= 11 is 0. The van der Waals surface area contributed by atoms with Gasteiger partial charge >= 0.3 is 11.9 Å². The second-order valence-electron chi connectivity index (χ2n) is 4.64. The lowest BCUT2D eigenvalue weighted by Gasteiger charge is -2.08. The van der Waals surface area contributed by atoms with Crippen molar-refractivity contribution in [2.45, 2.75) is 20.4 Å². The highest BCUT2D eigenvalue weighted by Gasteiger charge is 2.16. The molecule has 21 heavy (non-hydrogen) atoms. The molecule has 0 unspecified atom stereocenters. The molecule has 0 fully saturated rings. The van der Waals surface area contributed by atoms with Gasteiger partial charge in [0.05, 0.1) is 22.5 Å². The number of carboxylic acids is 2. The molecule has 0 spiro atoms. The number of aromatic nitrogens is 2. The smallest absolute Gasteiger partial charge is 0.335 e. The molecular formula is C14H15N3O4. The molecule has 0 radical (unpaired) electrons. The predicted octanol–water partition coefficient (Wildman–Crippen LogP) is 1.34. The number of benzene rings is 1. The minimum absolute atomic E-state index is 0.105. The van der Waals surface area contributed by atoms with E-state index >= 15 is 0 Å². The lowest BCUT2D eigenvalue weighted by molar-refractivity contribution is 0.0696. The molecule has 110 valence electrons. The molecule has 2 aromatic rings. The first-order valence-corrected chi connectivity index (χ1v) is 6.22. The van der Waals surface area contributed by atoms with Gasteiger partial charge in [0.25, 0.3) is 0 Å². The Morgan fingerprint density at radius 1 is 1.14 bits per heavy atom. The van der Waals surface area contributed by atoms with E-state index in [1.165, 1.54) is 16.8 Å². The van der Waals surface area contributed by atoms with Crippen LogP contribution in [0.3, 0.4) is 0 Å². The third-order valence-corrected chi connectivity index (χ3v) is 3.30. The van der Waals surface area contributed by atoms with E-state index in [-0.39, 0.29) is 11.1 Å². The second kappa shape index (κ2) is 5.37. The first-order chi connectivity index (χ1) is 9.85. The Kier molecular flexibility index (Phi) is 3.77. The fourth-order valence-electron chi connectivity index (χ4n) is 2.20. The first-order valence-electron chi connectivity index (χ1n) is 6.22. The summed E-state index contributed by atoms with van der Waals surface area (Å²) in [5.41, 5.74) is 8.17. The number of aryl methyl sites for hydroxylation is 1. The minimum atomic E-state index is -1.19. The van der Waals surface area contributed by atoms with Gasteiger partial charge in [0, 0.05) is 17.8 Å². The molecular weight excluding hydrogens is 274 g/mol. The molecule has 0 aliphatic heterocycles. The van der Waals surface area contributed by atoms with E-state index in [1.807, 2.05) is 0 Å². The van der Waals surface area contributed by atoms with E-state index in [0.29, 0.717) is 12.2 Å². The summed E-state index contributed by atoms with van der Waals surface area (Å²) < 4.78 is 1.51. The van der Waals surface area contributed by atoms with Crippen LogP contribution in [-0.2, 0) is 6.54 Å². The van der Waals surface area contributed by atoms with Crippen LogP contribution >= 0.6 is 0 Å². The molecule has 0 atom stereocenters. The van der Waals surface area contributed by atoms with Crippen LogP contribution in [0.1, 0.15) is 37.7 Å². The molecule has 0 saturated carbocycles. The summed E-state index contributed by atoms with van der Waals surface area (Å²) in [4.78, 5) is 22.3. The summed E-state index contributed by atoms with van der Waals surface area (Å²) in [5, 5.41) is 22.5. The molecule has 7 heteroatoms. The zero-order valence-corrected chi connectivity index (χ0v) is 11.6. The van der Waals surface area contributed by atoms with Gasteiger partial charge in [0.1, 0.15) is 0 Å². The van der Waals surface area contributed by atoms with Crippen LogP contribution in [0, 0.1) is 13.8 Å².